The van der Waals surface area contributed by atoms with Gasteiger partial charge in [0.25, 0.3) is 0 Å². The zero-order valence-corrected chi connectivity index (χ0v) is 16.5. The number of ether oxygens (including phenoxy) is 1. The standard InChI is InChI=1S/C26H24O3/c1-18-2-4-19(5-3-18)14-15-29-24-11-6-20(7-12-24)16-22-9-8-21-17-23(27)10-13-25(21)26(22)28/h2-7,10-13,16-17,27H,8-9,14-15H2,1H3/b22-16+. The van der Waals surface area contributed by atoms with Gasteiger partial charge < -0.3 is 9.84 Å². The van der Waals surface area contributed by atoms with E-state index in [-0.39, 0.29) is 11.5 Å². The molecule has 0 aliphatic heterocycles. The zero-order valence-electron chi connectivity index (χ0n) is 16.5. The molecular formula is C26H24O3. The summed E-state index contributed by atoms with van der Waals surface area (Å²) in [6.07, 6.45) is 4.27. The maximum absolute atomic E-state index is 12.7. The number of phenols is 1. The molecule has 0 unspecified atom stereocenters. The van der Waals surface area contributed by atoms with Gasteiger partial charge in [0.2, 0.25) is 0 Å². The Kier molecular flexibility index (Phi) is 5.48. The number of rotatable bonds is 5. The fourth-order valence-electron chi connectivity index (χ4n) is 3.60. The number of Topliss-reactive ketones (excluding diaryl/α,β-unsaturated/α-hetero) is 1. The summed E-state index contributed by atoms with van der Waals surface area (Å²) in [5.74, 6) is 1.08. The average molecular weight is 384 g/mol. The summed E-state index contributed by atoms with van der Waals surface area (Å²) in [6.45, 7) is 2.72. The number of hydrogen-bond donors (Lipinski definition) is 1. The van der Waals surface area contributed by atoms with Crippen molar-refractivity contribution >= 4 is 11.9 Å². The molecule has 146 valence electrons. The smallest absolute Gasteiger partial charge is 0.189 e. The summed E-state index contributed by atoms with van der Waals surface area (Å²) in [5, 5.41) is 9.60. The van der Waals surface area contributed by atoms with E-state index in [0.29, 0.717) is 18.6 Å². The third-order valence-electron chi connectivity index (χ3n) is 5.29. The van der Waals surface area contributed by atoms with Crippen molar-refractivity contribution in [1.82, 2.24) is 0 Å². The molecule has 4 rings (SSSR count). The Labute approximate surface area is 171 Å². The van der Waals surface area contributed by atoms with E-state index in [2.05, 4.69) is 31.2 Å². The number of phenolic OH excluding ortho intramolecular Hbond substituents is 1. The second-order valence-corrected chi connectivity index (χ2v) is 7.49. The molecule has 0 atom stereocenters. The molecule has 29 heavy (non-hydrogen) atoms. The van der Waals surface area contributed by atoms with Crippen LogP contribution in [-0.4, -0.2) is 17.5 Å². The van der Waals surface area contributed by atoms with Crippen molar-refractivity contribution in [2.75, 3.05) is 6.61 Å². The summed E-state index contributed by atoms with van der Waals surface area (Å²) in [6, 6.07) is 21.3. The van der Waals surface area contributed by atoms with Crippen molar-refractivity contribution in [2.24, 2.45) is 0 Å². The minimum atomic E-state index is 0.0460. The van der Waals surface area contributed by atoms with Crippen LogP contribution < -0.4 is 4.74 Å². The minimum Gasteiger partial charge on any atom is -0.508 e. The molecule has 1 aliphatic carbocycles. The lowest BCUT2D eigenvalue weighted by molar-refractivity contribution is 0.102. The van der Waals surface area contributed by atoms with Crippen LogP contribution in [0.15, 0.2) is 72.3 Å². The van der Waals surface area contributed by atoms with Crippen LogP contribution in [0.25, 0.3) is 6.08 Å². The Morgan fingerprint density at radius 2 is 1.72 bits per heavy atom. The van der Waals surface area contributed by atoms with Gasteiger partial charge in [0.1, 0.15) is 11.5 Å². The topological polar surface area (TPSA) is 46.5 Å². The van der Waals surface area contributed by atoms with Crippen molar-refractivity contribution in [3.63, 3.8) is 0 Å². The lowest BCUT2D eigenvalue weighted by Gasteiger charge is -2.17. The predicted molar refractivity (Wildman–Crippen MR) is 116 cm³/mol. The van der Waals surface area contributed by atoms with E-state index < -0.39 is 0 Å². The monoisotopic (exact) mass is 384 g/mol. The molecule has 3 heteroatoms. The molecule has 0 radical (unpaired) electrons. The van der Waals surface area contributed by atoms with Crippen LogP contribution in [0.5, 0.6) is 11.5 Å². The van der Waals surface area contributed by atoms with Crippen molar-refractivity contribution in [1.29, 1.82) is 0 Å². The SMILES string of the molecule is Cc1ccc(CCOc2ccc(/C=C3\CCc4cc(O)ccc4C3=O)cc2)cc1. The molecule has 3 aromatic rings. The Bertz CT molecular complexity index is 1040. The third-order valence-corrected chi connectivity index (χ3v) is 5.29. The molecule has 3 nitrogen and oxygen atoms in total. The number of ketones is 1. The highest BCUT2D eigenvalue weighted by molar-refractivity contribution is 6.13. The Hall–Kier alpha value is -3.33. The van der Waals surface area contributed by atoms with Crippen molar-refractivity contribution < 1.29 is 14.6 Å². The van der Waals surface area contributed by atoms with Crippen molar-refractivity contribution in [2.45, 2.75) is 26.2 Å². The van der Waals surface area contributed by atoms with Crippen molar-refractivity contribution in [3.05, 3.63) is 100 Å². The maximum Gasteiger partial charge on any atom is 0.189 e. The summed E-state index contributed by atoms with van der Waals surface area (Å²) < 4.78 is 5.85. The first kappa shape index (κ1) is 19.0. The normalized spacial score (nSPS) is 14.7. The van der Waals surface area contributed by atoms with Gasteiger partial charge in [-0.05, 0) is 72.9 Å². The fraction of sp³-hybridized carbons (Fsp3) is 0.192. The van der Waals surface area contributed by atoms with Crippen LogP contribution in [0.3, 0.4) is 0 Å². The van der Waals surface area contributed by atoms with E-state index >= 15 is 0 Å². The highest BCUT2D eigenvalue weighted by Crippen LogP contribution is 2.29. The number of aryl methyl sites for hydroxylation is 2. The van der Waals surface area contributed by atoms with Gasteiger partial charge in [-0.2, -0.15) is 0 Å². The minimum absolute atomic E-state index is 0.0460. The third kappa shape index (κ3) is 4.57. The number of aromatic hydroxyl groups is 1. The second-order valence-electron chi connectivity index (χ2n) is 7.49. The van der Waals surface area contributed by atoms with E-state index in [4.69, 9.17) is 4.74 Å². The largest absolute Gasteiger partial charge is 0.508 e. The van der Waals surface area contributed by atoms with Gasteiger partial charge in [0.05, 0.1) is 6.61 Å². The molecule has 1 N–H and O–H groups in total. The molecule has 0 saturated heterocycles. The lowest BCUT2D eigenvalue weighted by atomic mass is 9.86. The number of allylic oxidation sites excluding steroid dienone is 1. The van der Waals surface area contributed by atoms with E-state index in [1.54, 1.807) is 18.2 Å². The molecule has 0 aromatic heterocycles. The van der Waals surface area contributed by atoms with E-state index in [1.165, 1.54) is 11.1 Å². The van der Waals surface area contributed by atoms with Gasteiger partial charge in [-0.15, -0.1) is 0 Å². The first-order valence-corrected chi connectivity index (χ1v) is 9.94. The predicted octanol–water partition coefficient (Wildman–Crippen LogP) is 5.53. The molecule has 1 aliphatic rings. The van der Waals surface area contributed by atoms with Crippen molar-refractivity contribution in [3.8, 4) is 11.5 Å². The van der Waals surface area contributed by atoms with Gasteiger partial charge >= 0.3 is 0 Å². The summed E-state index contributed by atoms with van der Waals surface area (Å²) >= 11 is 0. The zero-order chi connectivity index (χ0) is 20.2. The highest BCUT2D eigenvalue weighted by atomic mass is 16.5. The summed E-state index contributed by atoms with van der Waals surface area (Å²) in [5.41, 5.74) is 5.93. The van der Waals surface area contributed by atoms with E-state index in [1.807, 2.05) is 30.3 Å². The van der Waals surface area contributed by atoms with Gasteiger partial charge in [-0.1, -0.05) is 42.0 Å². The molecule has 0 spiro atoms. The summed E-state index contributed by atoms with van der Waals surface area (Å²) in [4.78, 5) is 12.7. The second kappa shape index (κ2) is 8.36. The number of carbonyl (C=O) groups is 1. The van der Waals surface area contributed by atoms with Gasteiger partial charge in [0.15, 0.2) is 5.78 Å². The van der Waals surface area contributed by atoms with E-state index in [0.717, 1.165) is 35.3 Å². The number of fused-ring (bicyclic) bond motifs is 1. The molecule has 3 aromatic carbocycles. The molecule has 0 fully saturated rings. The molecule has 0 heterocycles. The molecule has 0 bridgehead atoms. The molecular weight excluding hydrogens is 360 g/mol. The van der Waals surface area contributed by atoms with Crippen LogP contribution in [-0.2, 0) is 12.8 Å². The van der Waals surface area contributed by atoms with Gasteiger partial charge in [-0.3, -0.25) is 4.79 Å². The highest BCUT2D eigenvalue weighted by Gasteiger charge is 2.21. The Morgan fingerprint density at radius 3 is 2.48 bits per heavy atom. The quantitative estimate of drug-likeness (QED) is 0.588. The van der Waals surface area contributed by atoms with Crippen LogP contribution in [0.2, 0.25) is 0 Å². The van der Waals surface area contributed by atoms with E-state index in [9.17, 15) is 9.90 Å². The van der Waals surface area contributed by atoms with Gasteiger partial charge in [0, 0.05) is 17.6 Å². The lowest BCUT2D eigenvalue weighted by Crippen LogP contribution is -2.13. The van der Waals surface area contributed by atoms with Crippen LogP contribution in [0, 0.1) is 6.92 Å². The first-order valence-electron chi connectivity index (χ1n) is 9.94. The van der Waals surface area contributed by atoms with Crippen LogP contribution in [0.1, 0.15) is 39.0 Å². The maximum atomic E-state index is 12.7. The average Bonchev–Trinajstić information content (AvgIpc) is 2.73. The number of benzene rings is 3. The fourth-order valence-corrected chi connectivity index (χ4v) is 3.60. The number of hydrogen-bond acceptors (Lipinski definition) is 3. The Morgan fingerprint density at radius 1 is 0.966 bits per heavy atom. The van der Waals surface area contributed by atoms with Crippen LogP contribution in [0.4, 0.5) is 0 Å². The Balaban J connectivity index is 1.38. The summed E-state index contributed by atoms with van der Waals surface area (Å²) in [7, 11) is 0. The molecule has 0 saturated carbocycles. The molecule has 0 amide bonds. The number of carbonyl (C=O) groups excluding carboxylic acids is 1. The first-order chi connectivity index (χ1) is 14.1. The van der Waals surface area contributed by atoms with Crippen LogP contribution >= 0.6 is 0 Å². The van der Waals surface area contributed by atoms with Gasteiger partial charge in [-0.25, -0.2) is 0 Å².